The van der Waals surface area contributed by atoms with Crippen LogP contribution in [-0.4, -0.2) is 5.88 Å². The molecule has 0 aromatic carbocycles. The van der Waals surface area contributed by atoms with E-state index in [0.717, 1.165) is 11.8 Å². The molecule has 0 aromatic heterocycles. The number of hydrogen-bond donors (Lipinski definition) is 0. The summed E-state index contributed by atoms with van der Waals surface area (Å²) in [7, 11) is 0. The molecule has 0 radical (unpaired) electrons. The topological polar surface area (TPSA) is 0 Å². The van der Waals surface area contributed by atoms with Gasteiger partial charge in [0.2, 0.25) is 0 Å². The van der Waals surface area contributed by atoms with Crippen LogP contribution in [0.4, 0.5) is 0 Å². The lowest BCUT2D eigenvalue weighted by Gasteiger charge is -2.21. The Kier molecular flexibility index (Phi) is 6.71. The van der Waals surface area contributed by atoms with Gasteiger partial charge in [0.05, 0.1) is 0 Å². The average molecular weight is 203 g/mol. The van der Waals surface area contributed by atoms with Gasteiger partial charge in [0.15, 0.2) is 0 Å². The van der Waals surface area contributed by atoms with Gasteiger partial charge in [-0.2, -0.15) is 0 Å². The minimum atomic E-state index is 0.851. The van der Waals surface area contributed by atoms with Crippen LogP contribution >= 0.6 is 11.6 Å². The van der Waals surface area contributed by atoms with Gasteiger partial charge in [-0.1, -0.05) is 57.8 Å². The van der Waals surface area contributed by atoms with E-state index in [-0.39, 0.29) is 0 Å². The first-order valence-corrected chi connectivity index (χ1v) is 6.53. The molecule has 0 saturated heterocycles. The van der Waals surface area contributed by atoms with Crippen molar-refractivity contribution < 1.29 is 0 Å². The van der Waals surface area contributed by atoms with Crippen LogP contribution < -0.4 is 0 Å². The van der Waals surface area contributed by atoms with E-state index in [1.54, 1.807) is 0 Å². The first-order valence-electron chi connectivity index (χ1n) is 5.99. The van der Waals surface area contributed by atoms with Crippen molar-refractivity contribution in [3.8, 4) is 0 Å². The number of hydrogen-bond acceptors (Lipinski definition) is 0. The summed E-state index contributed by atoms with van der Waals surface area (Å²) in [5.41, 5.74) is 0. The monoisotopic (exact) mass is 202 g/mol. The Balaban J connectivity index is 1.86. The minimum absolute atomic E-state index is 0.851. The predicted octanol–water partition coefficient (Wildman–Crippen LogP) is 4.76. The molecule has 1 saturated carbocycles. The Labute approximate surface area is 88.1 Å². The molecule has 0 unspecified atom stereocenters. The van der Waals surface area contributed by atoms with Gasteiger partial charge in [0.25, 0.3) is 0 Å². The Morgan fingerprint density at radius 2 is 1.54 bits per heavy atom. The molecule has 0 heterocycles. The molecule has 0 N–H and O–H groups in total. The molecule has 0 atom stereocenters. The number of rotatable bonds is 6. The summed E-state index contributed by atoms with van der Waals surface area (Å²) in [5.74, 6) is 1.92. The van der Waals surface area contributed by atoms with Crippen LogP contribution in [-0.2, 0) is 0 Å². The van der Waals surface area contributed by atoms with Crippen molar-refractivity contribution in [3.05, 3.63) is 0 Å². The smallest absolute Gasteiger partial charge is 0.0223 e. The van der Waals surface area contributed by atoms with E-state index < -0.39 is 0 Å². The molecular weight excluding hydrogens is 180 g/mol. The van der Waals surface area contributed by atoms with Crippen molar-refractivity contribution >= 4 is 11.6 Å². The van der Waals surface area contributed by atoms with Crippen LogP contribution in [0.1, 0.15) is 64.2 Å². The van der Waals surface area contributed by atoms with Gasteiger partial charge in [-0.05, 0) is 12.3 Å². The molecule has 1 fully saturated rings. The van der Waals surface area contributed by atoms with E-state index >= 15 is 0 Å². The van der Waals surface area contributed by atoms with Gasteiger partial charge >= 0.3 is 0 Å². The zero-order valence-corrected chi connectivity index (χ0v) is 9.49. The van der Waals surface area contributed by atoms with Crippen LogP contribution in [0.2, 0.25) is 0 Å². The Hall–Kier alpha value is 0.290. The molecule has 0 amide bonds. The maximum atomic E-state index is 5.63. The minimum Gasteiger partial charge on any atom is -0.127 e. The highest BCUT2D eigenvalue weighted by atomic mass is 35.5. The van der Waals surface area contributed by atoms with Crippen LogP contribution in [0.15, 0.2) is 0 Å². The van der Waals surface area contributed by atoms with E-state index in [9.17, 15) is 0 Å². The fourth-order valence-electron chi connectivity index (χ4n) is 2.36. The van der Waals surface area contributed by atoms with Crippen molar-refractivity contribution in [1.82, 2.24) is 0 Å². The average Bonchev–Trinajstić information content (AvgIpc) is 2.19. The summed E-state index contributed by atoms with van der Waals surface area (Å²) >= 11 is 5.63. The first-order chi connectivity index (χ1) is 6.43. The fraction of sp³-hybridized carbons (Fsp3) is 1.00. The highest BCUT2D eigenvalue weighted by Crippen LogP contribution is 2.27. The maximum absolute atomic E-state index is 5.63. The summed E-state index contributed by atoms with van der Waals surface area (Å²) in [6.45, 7) is 0. The van der Waals surface area contributed by atoms with E-state index in [0.29, 0.717) is 0 Å². The summed E-state index contributed by atoms with van der Waals surface area (Å²) in [6.07, 6.45) is 14.4. The van der Waals surface area contributed by atoms with Crippen LogP contribution in [0, 0.1) is 5.92 Å². The molecule has 0 spiro atoms. The SMILES string of the molecule is ClCCCCCCC1CCCCC1. The molecule has 0 bridgehead atoms. The normalized spacial score (nSPS) is 19.2. The van der Waals surface area contributed by atoms with Crippen LogP contribution in [0.5, 0.6) is 0 Å². The first kappa shape index (κ1) is 11.4. The van der Waals surface area contributed by atoms with Crippen molar-refractivity contribution in [3.63, 3.8) is 0 Å². The third kappa shape index (κ3) is 5.57. The molecule has 78 valence electrons. The summed E-state index contributed by atoms with van der Waals surface area (Å²) in [6, 6.07) is 0. The third-order valence-corrected chi connectivity index (χ3v) is 3.49. The second-order valence-corrected chi connectivity index (χ2v) is 4.77. The maximum Gasteiger partial charge on any atom is 0.0223 e. The molecule has 13 heavy (non-hydrogen) atoms. The number of alkyl halides is 1. The van der Waals surface area contributed by atoms with Gasteiger partial charge in [0.1, 0.15) is 0 Å². The number of unbranched alkanes of at least 4 members (excludes halogenated alkanes) is 3. The fourth-order valence-corrected chi connectivity index (χ4v) is 2.55. The lowest BCUT2D eigenvalue weighted by Crippen LogP contribution is -2.05. The van der Waals surface area contributed by atoms with Crippen LogP contribution in [0.3, 0.4) is 0 Å². The molecule has 1 heteroatoms. The number of halogens is 1. The van der Waals surface area contributed by atoms with Crippen molar-refractivity contribution in [2.45, 2.75) is 64.2 Å². The standard InChI is InChI=1S/C12H23Cl/c13-11-7-2-1-4-8-12-9-5-3-6-10-12/h12H,1-11H2. The Morgan fingerprint density at radius 1 is 0.846 bits per heavy atom. The third-order valence-electron chi connectivity index (χ3n) is 3.22. The zero-order chi connectivity index (χ0) is 9.36. The zero-order valence-electron chi connectivity index (χ0n) is 8.73. The molecule has 0 aliphatic heterocycles. The van der Waals surface area contributed by atoms with Crippen molar-refractivity contribution in [2.24, 2.45) is 5.92 Å². The molecule has 1 aliphatic rings. The summed E-state index contributed by atoms with van der Waals surface area (Å²) in [4.78, 5) is 0. The summed E-state index contributed by atoms with van der Waals surface area (Å²) in [5, 5.41) is 0. The highest BCUT2D eigenvalue weighted by molar-refractivity contribution is 6.17. The van der Waals surface area contributed by atoms with E-state index in [4.69, 9.17) is 11.6 Å². The molecule has 0 nitrogen and oxygen atoms in total. The Morgan fingerprint density at radius 3 is 2.23 bits per heavy atom. The molecular formula is C12H23Cl. The van der Waals surface area contributed by atoms with E-state index in [1.807, 2.05) is 0 Å². The second kappa shape index (κ2) is 7.67. The molecule has 0 aromatic rings. The van der Waals surface area contributed by atoms with Gasteiger partial charge in [-0.15, -0.1) is 11.6 Å². The predicted molar refractivity (Wildman–Crippen MR) is 60.4 cm³/mol. The summed E-state index contributed by atoms with van der Waals surface area (Å²) < 4.78 is 0. The highest BCUT2D eigenvalue weighted by Gasteiger charge is 2.12. The van der Waals surface area contributed by atoms with Gasteiger partial charge in [0, 0.05) is 5.88 Å². The lowest BCUT2D eigenvalue weighted by molar-refractivity contribution is 0.328. The van der Waals surface area contributed by atoms with Crippen molar-refractivity contribution in [1.29, 1.82) is 0 Å². The quantitative estimate of drug-likeness (QED) is 0.431. The van der Waals surface area contributed by atoms with Crippen molar-refractivity contribution in [2.75, 3.05) is 5.88 Å². The van der Waals surface area contributed by atoms with E-state index in [2.05, 4.69) is 0 Å². The van der Waals surface area contributed by atoms with E-state index in [1.165, 1.54) is 64.2 Å². The Bertz CT molecular complexity index is 106. The molecule has 1 aliphatic carbocycles. The van der Waals surface area contributed by atoms with Gasteiger partial charge in [-0.25, -0.2) is 0 Å². The lowest BCUT2D eigenvalue weighted by atomic mass is 9.85. The van der Waals surface area contributed by atoms with Crippen LogP contribution in [0.25, 0.3) is 0 Å². The van der Waals surface area contributed by atoms with Gasteiger partial charge in [-0.3, -0.25) is 0 Å². The second-order valence-electron chi connectivity index (χ2n) is 4.40. The largest absolute Gasteiger partial charge is 0.127 e. The van der Waals surface area contributed by atoms with Gasteiger partial charge < -0.3 is 0 Å². The molecule has 1 rings (SSSR count).